The van der Waals surface area contributed by atoms with E-state index in [1.165, 1.54) is 10.9 Å². The van der Waals surface area contributed by atoms with Gasteiger partial charge in [0.05, 0.1) is 39.4 Å². The Morgan fingerprint density at radius 1 is 1.21 bits per heavy atom. The van der Waals surface area contributed by atoms with Crippen molar-refractivity contribution in [3.8, 4) is 0 Å². The first kappa shape index (κ1) is 21.1. The normalized spacial score (nSPS) is 11.6. The van der Waals surface area contributed by atoms with Crippen molar-refractivity contribution in [1.29, 1.82) is 0 Å². The zero-order valence-corrected chi connectivity index (χ0v) is 18.1. The Hall–Kier alpha value is -2.58. The minimum absolute atomic E-state index is 0.0199. The van der Waals surface area contributed by atoms with Crippen molar-refractivity contribution in [1.82, 2.24) is 9.55 Å². The summed E-state index contributed by atoms with van der Waals surface area (Å²) in [6.07, 6.45) is 2.00. The van der Waals surface area contributed by atoms with E-state index in [4.69, 9.17) is 11.6 Å². The minimum atomic E-state index is -3.47. The van der Waals surface area contributed by atoms with Crippen molar-refractivity contribution >= 4 is 49.6 Å². The van der Waals surface area contributed by atoms with Crippen LogP contribution in [0.2, 0.25) is 5.02 Å². The first-order valence-electron chi connectivity index (χ1n) is 9.29. The van der Waals surface area contributed by atoms with Crippen LogP contribution in [0.5, 0.6) is 0 Å². The van der Waals surface area contributed by atoms with Crippen LogP contribution in [0, 0.1) is 0 Å². The molecule has 154 valence electrons. The van der Waals surface area contributed by atoms with Crippen LogP contribution in [0.15, 0.2) is 47.5 Å². The zero-order chi connectivity index (χ0) is 21.2. The van der Waals surface area contributed by atoms with Gasteiger partial charge in [-0.3, -0.25) is 9.52 Å². The molecule has 1 aromatic heterocycles. The molecule has 0 spiro atoms. The fourth-order valence-corrected chi connectivity index (χ4v) is 4.63. The number of sulfonamides is 1. The Morgan fingerprint density at radius 3 is 2.66 bits per heavy atom. The summed E-state index contributed by atoms with van der Waals surface area (Å²) < 4.78 is 28.3. The molecule has 29 heavy (non-hydrogen) atoms. The number of anilines is 3. The molecule has 0 saturated heterocycles. The molecule has 3 aromatic rings. The van der Waals surface area contributed by atoms with Gasteiger partial charge in [-0.25, -0.2) is 13.4 Å². The average Bonchev–Trinajstić information content (AvgIpc) is 2.68. The number of hydrogen-bond donors (Lipinski definition) is 1. The summed E-state index contributed by atoms with van der Waals surface area (Å²) in [5.74, 6) is 0.0199. The van der Waals surface area contributed by atoms with E-state index in [0.29, 0.717) is 40.3 Å². The van der Waals surface area contributed by atoms with Crippen LogP contribution in [-0.2, 0) is 17.1 Å². The summed E-state index contributed by atoms with van der Waals surface area (Å²) in [5.41, 5.74) is 2.21. The Balaban J connectivity index is 2.07. The molecule has 1 N–H and O–H groups in total. The molecule has 0 saturated carbocycles. The molecular weight excluding hydrogens is 412 g/mol. The number of nitrogens with one attached hydrogen (secondary N) is 1. The van der Waals surface area contributed by atoms with E-state index in [-0.39, 0.29) is 11.3 Å². The smallest absolute Gasteiger partial charge is 0.260 e. The van der Waals surface area contributed by atoms with Gasteiger partial charge in [-0.1, -0.05) is 24.6 Å². The summed E-state index contributed by atoms with van der Waals surface area (Å²) >= 11 is 6.57. The van der Waals surface area contributed by atoms with Crippen molar-refractivity contribution in [2.75, 3.05) is 21.9 Å². The number of fused-ring (bicyclic) bond motifs is 1. The van der Waals surface area contributed by atoms with E-state index in [0.717, 1.165) is 5.69 Å². The predicted molar refractivity (Wildman–Crippen MR) is 119 cm³/mol. The maximum atomic E-state index is 12.5. The molecule has 0 unspecified atom stereocenters. The number of benzene rings is 2. The summed E-state index contributed by atoms with van der Waals surface area (Å²) in [6, 6.07) is 10.6. The third-order valence-corrected chi connectivity index (χ3v) is 6.41. The molecule has 0 aliphatic heterocycles. The fraction of sp³-hybridized carbons (Fsp3) is 0.300. The fourth-order valence-electron chi connectivity index (χ4n) is 3.15. The Kier molecular flexibility index (Phi) is 6.14. The maximum absolute atomic E-state index is 12.5. The lowest BCUT2D eigenvalue weighted by Gasteiger charge is -2.25. The molecule has 0 radical (unpaired) electrons. The predicted octanol–water partition coefficient (Wildman–Crippen LogP) is 3.90. The molecule has 0 fully saturated rings. The van der Waals surface area contributed by atoms with E-state index in [1.54, 1.807) is 38.2 Å². The van der Waals surface area contributed by atoms with Gasteiger partial charge in [0.25, 0.3) is 5.56 Å². The zero-order valence-electron chi connectivity index (χ0n) is 16.5. The molecule has 9 heteroatoms. The van der Waals surface area contributed by atoms with Crippen molar-refractivity contribution < 1.29 is 8.42 Å². The Bertz CT molecular complexity index is 1210. The van der Waals surface area contributed by atoms with Crippen LogP contribution in [0.4, 0.5) is 17.1 Å². The van der Waals surface area contributed by atoms with Gasteiger partial charge in [0.2, 0.25) is 10.0 Å². The lowest BCUT2D eigenvalue weighted by molar-refractivity contribution is 0.600. The number of rotatable bonds is 7. The van der Waals surface area contributed by atoms with E-state index in [9.17, 15) is 13.2 Å². The lowest BCUT2D eigenvalue weighted by Crippen LogP contribution is -2.20. The quantitative estimate of drug-likeness (QED) is 0.609. The van der Waals surface area contributed by atoms with Gasteiger partial charge in [-0.15, -0.1) is 0 Å². The second kappa shape index (κ2) is 8.42. The monoisotopic (exact) mass is 434 g/mol. The van der Waals surface area contributed by atoms with Crippen molar-refractivity contribution in [3.05, 3.63) is 58.1 Å². The van der Waals surface area contributed by atoms with Crippen LogP contribution in [0.3, 0.4) is 0 Å². The number of nitrogens with zero attached hydrogens (tertiary/aromatic N) is 3. The topological polar surface area (TPSA) is 84.3 Å². The molecule has 3 rings (SSSR count). The van der Waals surface area contributed by atoms with Crippen LogP contribution < -0.4 is 15.2 Å². The number of halogens is 1. The highest BCUT2D eigenvalue weighted by molar-refractivity contribution is 7.92. The first-order valence-corrected chi connectivity index (χ1v) is 11.3. The highest BCUT2D eigenvalue weighted by Crippen LogP contribution is 2.37. The third kappa shape index (κ3) is 4.38. The lowest BCUT2D eigenvalue weighted by atomic mass is 10.1. The van der Waals surface area contributed by atoms with Gasteiger partial charge >= 0.3 is 0 Å². The van der Waals surface area contributed by atoms with Crippen molar-refractivity contribution in [2.45, 2.75) is 20.3 Å². The van der Waals surface area contributed by atoms with E-state index in [1.807, 2.05) is 24.0 Å². The molecule has 0 atom stereocenters. The van der Waals surface area contributed by atoms with E-state index < -0.39 is 10.0 Å². The maximum Gasteiger partial charge on any atom is 0.260 e. The second-order valence-corrected chi connectivity index (χ2v) is 8.89. The molecule has 0 bridgehead atoms. The second-order valence-electron chi connectivity index (χ2n) is 6.67. The first-order chi connectivity index (χ1) is 13.8. The SMILES string of the molecule is CCCS(=O)(=O)Nc1cccc(N(CC)c2ccc3ncn(C)c(=O)c3c2)c1Cl. The third-order valence-electron chi connectivity index (χ3n) is 4.54. The minimum Gasteiger partial charge on any atom is -0.340 e. The van der Waals surface area contributed by atoms with E-state index in [2.05, 4.69) is 9.71 Å². The van der Waals surface area contributed by atoms with Gasteiger partial charge in [0.1, 0.15) is 0 Å². The molecule has 1 heterocycles. The summed E-state index contributed by atoms with van der Waals surface area (Å²) in [7, 11) is -1.81. The number of aryl methyl sites for hydroxylation is 1. The average molecular weight is 435 g/mol. The van der Waals surface area contributed by atoms with Gasteiger partial charge in [-0.2, -0.15) is 0 Å². The summed E-state index contributed by atoms with van der Waals surface area (Å²) in [4.78, 5) is 18.7. The number of aromatic nitrogens is 2. The highest BCUT2D eigenvalue weighted by atomic mass is 35.5. The van der Waals surface area contributed by atoms with Gasteiger partial charge in [0.15, 0.2) is 0 Å². The van der Waals surface area contributed by atoms with Crippen molar-refractivity contribution in [3.63, 3.8) is 0 Å². The molecule has 0 aliphatic rings. The van der Waals surface area contributed by atoms with E-state index >= 15 is 0 Å². The molecular formula is C20H23ClN4O3S. The Morgan fingerprint density at radius 2 is 1.97 bits per heavy atom. The van der Waals surface area contributed by atoms with Gasteiger partial charge < -0.3 is 9.47 Å². The van der Waals surface area contributed by atoms with Crippen LogP contribution in [0.25, 0.3) is 10.9 Å². The van der Waals surface area contributed by atoms with Crippen molar-refractivity contribution in [2.24, 2.45) is 7.05 Å². The van der Waals surface area contributed by atoms with Gasteiger partial charge in [0, 0.05) is 19.3 Å². The highest BCUT2D eigenvalue weighted by Gasteiger charge is 2.18. The Labute approximate surface area is 175 Å². The summed E-state index contributed by atoms with van der Waals surface area (Å²) in [6.45, 7) is 4.32. The van der Waals surface area contributed by atoms with Crippen LogP contribution >= 0.6 is 11.6 Å². The molecule has 0 amide bonds. The van der Waals surface area contributed by atoms with Gasteiger partial charge in [-0.05, 0) is 43.7 Å². The summed E-state index contributed by atoms with van der Waals surface area (Å²) in [5, 5.41) is 0.801. The molecule has 0 aliphatic carbocycles. The molecule has 7 nitrogen and oxygen atoms in total. The number of hydrogen-bond acceptors (Lipinski definition) is 5. The largest absolute Gasteiger partial charge is 0.340 e. The van der Waals surface area contributed by atoms with Crippen LogP contribution in [-0.4, -0.2) is 30.3 Å². The standard InChI is InChI=1S/C20H23ClN4O3S/c1-4-11-29(27,28)23-17-7-6-8-18(19(17)21)25(5-2)14-9-10-16-15(12-14)20(26)24(3)13-22-16/h6-10,12-13,23H,4-5,11H2,1-3H3. The van der Waals surface area contributed by atoms with Crippen LogP contribution in [0.1, 0.15) is 20.3 Å². The molecule has 2 aromatic carbocycles.